The molecule has 0 radical (unpaired) electrons. The molecule has 1 unspecified atom stereocenters. The van der Waals surface area contributed by atoms with E-state index in [2.05, 4.69) is 4.36 Å². The van der Waals surface area contributed by atoms with Crippen molar-refractivity contribution in [3.05, 3.63) is 0 Å². The lowest BCUT2D eigenvalue weighted by Gasteiger charge is -1.93. The Morgan fingerprint density at radius 2 is 2.33 bits per heavy atom. The fourth-order valence-corrected chi connectivity index (χ4v) is 0.770. The van der Waals surface area contributed by atoms with Crippen LogP contribution in [0, 0.1) is 11.3 Å². The first-order chi connectivity index (χ1) is 4.12. The van der Waals surface area contributed by atoms with Crippen LogP contribution in [0.4, 0.5) is 0 Å². The van der Waals surface area contributed by atoms with Crippen LogP contribution in [-0.2, 0) is 9.73 Å². The second-order valence-electron chi connectivity index (χ2n) is 1.69. The molecule has 0 bridgehead atoms. The fraction of sp³-hybridized carbons (Fsp3) is 0.800. The first-order valence-corrected chi connectivity index (χ1v) is 4.74. The van der Waals surface area contributed by atoms with Crippen LogP contribution in [0.1, 0.15) is 6.92 Å². The Hall–Kier alpha value is -0.560. The predicted molar refractivity (Wildman–Crippen MR) is 37.5 cm³/mol. The first-order valence-electron chi connectivity index (χ1n) is 2.65. The topological polar surface area (TPSA) is 53.2 Å². The molecular formula is C5H10N2OS. The minimum atomic E-state index is -2.03. The Bertz CT molecular complexity index is 220. The SMILES string of the molecule is CCS(C)(=O)=NCC#N. The zero-order chi connectivity index (χ0) is 7.33. The van der Waals surface area contributed by atoms with E-state index in [0.29, 0.717) is 5.75 Å². The van der Waals surface area contributed by atoms with Crippen LogP contribution in [0.25, 0.3) is 0 Å². The van der Waals surface area contributed by atoms with E-state index in [1.165, 1.54) is 0 Å². The van der Waals surface area contributed by atoms with Gasteiger partial charge in [-0.1, -0.05) is 6.92 Å². The summed E-state index contributed by atoms with van der Waals surface area (Å²) in [5, 5.41) is 8.06. The maximum Gasteiger partial charge on any atom is 0.135 e. The predicted octanol–water partition coefficient (Wildman–Crippen LogP) is 0.628. The Labute approximate surface area is 55.9 Å². The van der Waals surface area contributed by atoms with E-state index in [9.17, 15) is 4.21 Å². The van der Waals surface area contributed by atoms with Crippen molar-refractivity contribution in [2.45, 2.75) is 6.92 Å². The highest BCUT2D eigenvalue weighted by atomic mass is 32.2. The van der Waals surface area contributed by atoms with Crippen LogP contribution >= 0.6 is 0 Å². The zero-order valence-corrected chi connectivity index (χ0v) is 6.44. The molecule has 0 N–H and O–H groups in total. The molecule has 0 aromatic rings. The summed E-state index contributed by atoms with van der Waals surface area (Å²) in [5.74, 6) is 0.522. The van der Waals surface area contributed by atoms with Crippen molar-refractivity contribution in [2.24, 2.45) is 4.36 Å². The van der Waals surface area contributed by atoms with E-state index in [1.807, 2.05) is 6.07 Å². The van der Waals surface area contributed by atoms with E-state index in [-0.39, 0.29) is 6.54 Å². The molecule has 3 nitrogen and oxygen atoms in total. The maximum atomic E-state index is 11.0. The number of rotatable bonds is 2. The van der Waals surface area contributed by atoms with Gasteiger partial charge in [0.15, 0.2) is 0 Å². The van der Waals surface area contributed by atoms with E-state index in [1.54, 1.807) is 13.2 Å². The third-order valence-electron chi connectivity index (χ3n) is 0.944. The Morgan fingerprint density at radius 3 is 2.67 bits per heavy atom. The summed E-state index contributed by atoms with van der Waals surface area (Å²) in [7, 11) is -2.03. The molecule has 0 saturated carbocycles. The van der Waals surface area contributed by atoms with Gasteiger partial charge in [-0.05, 0) is 0 Å². The highest BCUT2D eigenvalue weighted by molar-refractivity contribution is 7.92. The van der Waals surface area contributed by atoms with Crippen LogP contribution in [0.3, 0.4) is 0 Å². The first kappa shape index (κ1) is 8.44. The standard InChI is InChI=1S/C5H10N2OS/c1-3-9(2,8)7-5-4-6/h3,5H2,1-2H3. The molecule has 1 atom stereocenters. The second kappa shape index (κ2) is 3.46. The summed E-state index contributed by atoms with van der Waals surface area (Å²) in [5.41, 5.74) is 0. The van der Waals surface area contributed by atoms with Crippen LogP contribution in [0.2, 0.25) is 0 Å². The average molecular weight is 146 g/mol. The van der Waals surface area contributed by atoms with Gasteiger partial charge >= 0.3 is 0 Å². The monoisotopic (exact) mass is 146 g/mol. The van der Waals surface area contributed by atoms with Crippen LogP contribution in [-0.4, -0.2) is 22.8 Å². The normalized spacial score (nSPS) is 15.7. The Morgan fingerprint density at radius 1 is 1.78 bits per heavy atom. The third kappa shape index (κ3) is 3.98. The van der Waals surface area contributed by atoms with Gasteiger partial charge in [0.25, 0.3) is 0 Å². The van der Waals surface area contributed by atoms with Gasteiger partial charge in [0, 0.05) is 21.7 Å². The summed E-state index contributed by atoms with van der Waals surface area (Å²) in [4.78, 5) is 0. The van der Waals surface area contributed by atoms with Crippen molar-refractivity contribution in [2.75, 3.05) is 18.6 Å². The second-order valence-corrected chi connectivity index (χ2v) is 4.45. The van der Waals surface area contributed by atoms with Gasteiger partial charge in [0.1, 0.15) is 6.54 Å². The zero-order valence-electron chi connectivity index (χ0n) is 5.63. The molecule has 52 valence electrons. The Balaban J connectivity index is 4.17. The van der Waals surface area contributed by atoms with E-state index in [4.69, 9.17) is 5.26 Å². The van der Waals surface area contributed by atoms with Crippen molar-refractivity contribution in [1.82, 2.24) is 0 Å². The summed E-state index contributed by atoms with van der Waals surface area (Å²) in [6.07, 6.45) is 1.56. The summed E-state index contributed by atoms with van der Waals surface area (Å²) in [6, 6.07) is 1.81. The molecule has 0 amide bonds. The van der Waals surface area contributed by atoms with E-state index < -0.39 is 9.73 Å². The molecule has 0 aliphatic carbocycles. The van der Waals surface area contributed by atoms with Gasteiger partial charge in [0.05, 0.1) is 6.07 Å². The maximum absolute atomic E-state index is 11.0. The summed E-state index contributed by atoms with van der Waals surface area (Å²) < 4.78 is 14.7. The lowest BCUT2D eigenvalue weighted by atomic mass is 10.8. The van der Waals surface area contributed by atoms with E-state index in [0.717, 1.165) is 0 Å². The van der Waals surface area contributed by atoms with Crippen molar-refractivity contribution < 1.29 is 4.21 Å². The van der Waals surface area contributed by atoms with Gasteiger partial charge in [-0.25, -0.2) is 4.36 Å². The third-order valence-corrected chi connectivity index (χ3v) is 2.69. The molecule has 0 spiro atoms. The summed E-state index contributed by atoms with van der Waals surface area (Å²) >= 11 is 0. The van der Waals surface area contributed by atoms with Gasteiger partial charge in [0.2, 0.25) is 0 Å². The number of hydrogen-bond acceptors (Lipinski definition) is 3. The minimum Gasteiger partial charge on any atom is -0.250 e. The average Bonchev–Trinajstić information content (AvgIpc) is 1.84. The molecular weight excluding hydrogens is 136 g/mol. The smallest absolute Gasteiger partial charge is 0.135 e. The molecule has 0 aromatic heterocycles. The van der Waals surface area contributed by atoms with Gasteiger partial charge < -0.3 is 0 Å². The summed E-state index contributed by atoms with van der Waals surface area (Å²) in [6.45, 7) is 1.84. The van der Waals surface area contributed by atoms with Crippen molar-refractivity contribution >= 4 is 9.73 Å². The van der Waals surface area contributed by atoms with Crippen molar-refractivity contribution in [3.63, 3.8) is 0 Å². The van der Waals surface area contributed by atoms with Gasteiger partial charge in [-0.2, -0.15) is 5.26 Å². The minimum absolute atomic E-state index is 0.0448. The van der Waals surface area contributed by atoms with Crippen molar-refractivity contribution in [3.8, 4) is 6.07 Å². The lowest BCUT2D eigenvalue weighted by molar-refractivity contribution is 0.680. The molecule has 0 heterocycles. The number of hydrogen-bond donors (Lipinski definition) is 0. The molecule has 9 heavy (non-hydrogen) atoms. The molecule has 0 fully saturated rings. The molecule has 0 saturated heterocycles. The quantitative estimate of drug-likeness (QED) is 0.536. The number of nitriles is 1. The molecule has 0 aromatic carbocycles. The molecule has 4 heteroatoms. The van der Waals surface area contributed by atoms with Crippen LogP contribution in [0.15, 0.2) is 4.36 Å². The van der Waals surface area contributed by atoms with Crippen LogP contribution in [0.5, 0.6) is 0 Å². The molecule has 0 aliphatic rings. The van der Waals surface area contributed by atoms with Gasteiger partial charge in [-0.3, -0.25) is 4.21 Å². The lowest BCUT2D eigenvalue weighted by Crippen LogP contribution is -1.99. The van der Waals surface area contributed by atoms with Gasteiger partial charge in [-0.15, -0.1) is 0 Å². The highest BCUT2D eigenvalue weighted by Gasteiger charge is 1.92. The molecule has 0 rings (SSSR count). The van der Waals surface area contributed by atoms with Crippen LogP contribution < -0.4 is 0 Å². The fourth-order valence-electron chi connectivity index (χ4n) is 0.257. The Kier molecular flexibility index (Phi) is 3.25. The number of nitrogens with zero attached hydrogens (tertiary/aromatic N) is 2. The van der Waals surface area contributed by atoms with Crippen molar-refractivity contribution in [1.29, 1.82) is 5.26 Å². The largest absolute Gasteiger partial charge is 0.250 e. The van der Waals surface area contributed by atoms with E-state index >= 15 is 0 Å². The highest BCUT2D eigenvalue weighted by Crippen LogP contribution is 1.87. The molecule has 0 aliphatic heterocycles.